The van der Waals surface area contributed by atoms with E-state index in [4.69, 9.17) is 23.9 Å². The minimum absolute atomic E-state index is 0.116. The van der Waals surface area contributed by atoms with Crippen molar-refractivity contribution in [3.8, 4) is 34.6 Å². The van der Waals surface area contributed by atoms with Gasteiger partial charge in [-0.05, 0) is 35.9 Å². The van der Waals surface area contributed by atoms with Crippen LogP contribution in [-0.4, -0.2) is 38.9 Å². The SMILES string of the molecule is COc1ccc([C@H]2c3ccc(O)cc3Oc3ncn4nc(COc5ccccc5OC)nc4c32)cc1. The molecule has 0 aliphatic carbocycles. The van der Waals surface area contributed by atoms with Crippen molar-refractivity contribution >= 4 is 5.65 Å². The van der Waals surface area contributed by atoms with E-state index in [0.717, 1.165) is 22.4 Å². The highest BCUT2D eigenvalue weighted by molar-refractivity contribution is 5.66. The number of benzene rings is 3. The molecule has 0 saturated carbocycles. The van der Waals surface area contributed by atoms with Crippen LogP contribution in [-0.2, 0) is 6.61 Å². The highest BCUT2D eigenvalue weighted by Gasteiger charge is 2.33. The number of rotatable bonds is 6. The van der Waals surface area contributed by atoms with Crippen LogP contribution in [0, 0.1) is 0 Å². The molecule has 9 nitrogen and oxygen atoms in total. The quantitative estimate of drug-likeness (QED) is 0.364. The smallest absolute Gasteiger partial charge is 0.228 e. The number of methoxy groups -OCH3 is 2. The van der Waals surface area contributed by atoms with Crippen LogP contribution in [0.15, 0.2) is 73.1 Å². The highest BCUT2D eigenvalue weighted by Crippen LogP contribution is 2.48. The third-order valence-electron chi connectivity index (χ3n) is 6.11. The number of aromatic hydroxyl groups is 1. The second-order valence-corrected chi connectivity index (χ2v) is 8.23. The molecule has 6 rings (SSSR count). The molecular formula is C27H22N4O5. The topological polar surface area (TPSA) is 100 Å². The Morgan fingerprint density at radius 3 is 2.56 bits per heavy atom. The second kappa shape index (κ2) is 8.77. The van der Waals surface area contributed by atoms with E-state index in [1.165, 1.54) is 0 Å². The molecule has 1 N–H and O–H groups in total. The molecule has 1 aliphatic rings. The molecule has 1 atom stereocenters. The summed E-state index contributed by atoms with van der Waals surface area (Å²) in [5.74, 6) is 3.29. The Balaban J connectivity index is 1.44. The summed E-state index contributed by atoms with van der Waals surface area (Å²) >= 11 is 0. The van der Waals surface area contributed by atoms with E-state index >= 15 is 0 Å². The lowest BCUT2D eigenvalue weighted by molar-refractivity contribution is 0.276. The molecule has 0 fully saturated rings. The van der Waals surface area contributed by atoms with Gasteiger partial charge in [0.15, 0.2) is 23.0 Å². The normalized spacial score (nSPS) is 14.0. The minimum atomic E-state index is -0.251. The van der Waals surface area contributed by atoms with Crippen molar-refractivity contribution in [2.45, 2.75) is 12.5 Å². The number of aromatic nitrogens is 4. The van der Waals surface area contributed by atoms with Crippen LogP contribution in [0.1, 0.15) is 28.4 Å². The van der Waals surface area contributed by atoms with Crippen molar-refractivity contribution in [3.05, 3.63) is 95.6 Å². The summed E-state index contributed by atoms with van der Waals surface area (Å²) < 4.78 is 24.4. The van der Waals surface area contributed by atoms with Gasteiger partial charge in [-0.1, -0.05) is 30.3 Å². The average Bonchev–Trinajstić information content (AvgIpc) is 3.34. The Kier molecular flexibility index (Phi) is 5.29. The van der Waals surface area contributed by atoms with Gasteiger partial charge in [0, 0.05) is 17.5 Å². The largest absolute Gasteiger partial charge is 0.508 e. The van der Waals surface area contributed by atoms with Crippen molar-refractivity contribution in [3.63, 3.8) is 0 Å². The zero-order valence-electron chi connectivity index (χ0n) is 19.6. The molecular weight excluding hydrogens is 460 g/mol. The van der Waals surface area contributed by atoms with Crippen LogP contribution < -0.4 is 18.9 Å². The van der Waals surface area contributed by atoms with Crippen LogP contribution in [0.25, 0.3) is 5.65 Å². The Bertz CT molecular complexity index is 1570. The lowest BCUT2D eigenvalue weighted by Gasteiger charge is -2.28. The van der Waals surface area contributed by atoms with Gasteiger partial charge in [-0.2, -0.15) is 0 Å². The van der Waals surface area contributed by atoms with E-state index in [0.29, 0.717) is 34.6 Å². The monoisotopic (exact) mass is 482 g/mol. The number of hydrogen-bond acceptors (Lipinski definition) is 8. The maximum absolute atomic E-state index is 10.1. The summed E-state index contributed by atoms with van der Waals surface area (Å²) in [6.07, 6.45) is 1.56. The molecule has 0 saturated heterocycles. The van der Waals surface area contributed by atoms with E-state index in [2.05, 4.69) is 10.1 Å². The van der Waals surface area contributed by atoms with Gasteiger partial charge in [0.05, 0.1) is 19.8 Å². The highest BCUT2D eigenvalue weighted by atomic mass is 16.5. The van der Waals surface area contributed by atoms with Gasteiger partial charge < -0.3 is 24.1 Å². The molecule has 0 bridgehead atoms. The lowest BCUT2D eigenvalue weighted by atomic mass is 9.84. The van der Waals surface area contributed by atoms with E-state index < -0.39 is 0 Å². The van der Waals surface area contributed by atoms with Gasteiger partial charge in [0.25, 0.3) is 0 Å². The molecule has 0 amide bonds. The number of para-hydroxylation sites is 2. The van der Waals surface area contributed by atoms with Gasteiger partial charge in [-0.15, -0.1) is 5.10 Å². The fourth-order valence-corrected chi connectivity index (χ4v) is 4.43. The fraction of sp³-hybridized carbons (Fsp3) is 0.148. The van der Waals surface area contributed by atoms with Gasteiger partial charge in [-0.25, -0.2) is 14.5 Å². The molecule has 180 valence electrons. The standard InChI is InChI=1S/C27H22N4O5/c1-33-18-10-7-16(8-11-18)24-19-12-9-17(32)13-22(19)36-27-25(24)26-29-23(30-31(26)15-28-27)14-35-21-6-4-3-5-20(21)34-2/h3-13,15,24,32H,14H2,1-2H3/t24-/m0/s1. The number of phenols is 1. The molecule has 36 heavy (non-hydrogen) atoms. The van der Waals surface area contributed by atoms with Gasteiger partial charge >= 0.3 is 0 Å². The minimum Gasteiger partial charge on any atom is -0.508 e. The second-order valence-electron chi connectivity index (χ2n) is 8.23. The van der Waals surface area contributed by atoms with Crippen LogP contribution in [0.4, 0.5) is 0 Å². The first kappa shape index (κ1) is 21.7. The summed E-state index contributed by atoms with van der Waals surface area (Å²) in [7, 11) is 3.23. The Morgan fingerprint density at radius 1 is 0.972 bits per heavy atom. The third-order valence-corrected chi connectivity index (χ3v) is 6.11. The maximum Gasteiger partial charge on any atom is 0.228 e. The number of ether oxygens (including phenoxy) is 4. The van der Waals surface area contributed by atoms with Crippen molar-refractivity contribution in [1.29, 1.82) is 0 Å². The van der Waals surface area contributed by atoms with E-state index in [1.54, 1.807) is 37.2 Å². The summed E-state index contributed by atoms with van der Waals surface area (Å²) in [6.45, 7) is 0.148. The summed E-state index contributed by atoms with van der Waals surface area (Å²) in [5, 5.41) is 14.6. The number of nitrogens with zero attached hydrogens (tertiary/aromatic N) is 4. The van der Waals surface area contributed by atoms with Crippen molar-refractivity contribution in [2.24, 2.45) is 0 Å². The number of fused-ring (bicyclic) bond motifs is 4. The fourth-order valence-electron chi connectivity index (χ4n) is 4.43. The predicted molar refractivity (Wildman–Crippen MR) is 130 cm³/mol. The molecule has 1 aliphatic heterocycles. The molecule has 2 aromatic heterocycles. The first-order valence-corrected chi connectivity index (χ1v) is 11.3. The first-order valence-electron chi connectivity index (χ1n) is 11.3. The van der Waals surface area contributed by atoms with Crippen molar-refractivity contribution in [1.82, 2.24) is 19.6 Å². The lowest BCUT2D eigenvalue weighted by Crippen LogP contribution is -2.15. The summed E-state index contributed by atoms with van der Waals surface area (Å²) in [6, 6.07) is 20.3. The van der Waals surface area contributed by atoms with Crippen LogP contribution in [0.5, 0.6) is 34.6 Å². The first-order chi connectivity index (χ1) is 17.6. The Morgan fingerprint density at radius 2 is 1.78 bits per heavy atom. The molecule has 0 spiro atoms. The number of hydrogen-bond donors (Lipinski definition) is 1. The molecule has 0 radical (unpaired) electrons. The Hall–Kier alpha value is -4.79. The molecule has 5 aromatic rings. The van der Waals surface area contributed by atoms with Crippen molar-refractivity contribution < 1.29 is 24.1 Å². The van der Waals surface area contributed by atoms with E-state index in [9.17, 15) is 5.11 Å². The van der Waals surface area contributed by atoms with E-state index in [1.807, 2.05) is 54.6 Å². The zero-order chi connectivity index (χ0) is 24.6. The van der Waals surface area contributed by atoms with Gasteiger partial charge in [0.1, 0.15) is 30.2 Å². The molecule has 3 heterocycles. The van der Waals surface area contributed by atoms with Crippen LogP contribution in [0.3, 0.4) is 0 Å². The average molecular weight is 482 g/mol. The van der Waals surface area contributed by atoms with Crippen LogP contribution >= 0.6 is 0 Å². The molecule has 9 heteroatoms. The van der Waals surface area contributed by atoms with Gasteiger partial charge in [-0.3, -0.25) is 0 Å². The zero-order valence-corrected chi connectivity index (χ0v) is 19.6. The predicted octanol–water partition coefficient (Wildman–Crippen LogP) is 4.71. The van der Waals surface area contributed by atoms with Gasteiger partial charge in [0.2, 0.25) is 5.88 Å². The van der Waals surface area contributed by atoms with Crippen LogP contribution in [0.2, 0.25) is 0 Å². The molecule has 3 aromatic carbocycles. The van der Waals surface area contributed by atoms with Crippen molar-refractivity contribution in [2.75, 3.05) is 14.2 Å². The summed E-state index contributed by atoms with van der Waals surface area (Å²) in [4.78, 5) is 9.30. The maximum atomic E-state index is 10.1. The Labute approximate surface area is 206 Å². The number of phenolic OH excluding ortho intramolecular Hbond substituents is 1. The molecule has 0 unspecified atom stereocenters. The summed E-state index contributed by atoms with van der Waals surface area (Å²) in [5.41, 5.74) is 3.27. The van der Waals surface area contributed by atoms with E-state index in [-0.39, 0.29) is 18.3 Å². The third kappa shape index (κ3) is 3.70.